The van der Waals surface area contributed by atoms with Gasteiger partial charge in [-0.05, 0) is 71.1 Å². The molecule has 0 atom stereocenters. The fraction of sp³-hybridized carbons (Fsp3) is 0.263. The number of hydrogen-bond acceptors (Lipinski definition) is 5. The van der Waals surface area contributed by atoms with Crippen molar-refractivity contribution in [2.24, 2.45) is 0 Å². The average Bonchev–Trinajstić information content (AvgIpc) is 3.05. The van der Waals surface area contributed by atoms with Crippen LogP contribution in [-0.2, 0) is 16.0 Å². The first-order chi connectivity index (χ1) is 21.1. The lowest BCUT2D eigenvalue weighted by atomic mass is 10.0. The third-order valence-electron chi connectivity index (χ3n) is 7.06. The standard InChI is InChI=1S/C38H40O5/c1-2-3-4-5-6-10-28-41-35-22-24-36(25-23-35)43-38(40)34-20-18-33(19-21-34)32-16-13-31(14-17-32)27-29-42-37(39)26-15-30-11-8-7-9-12-30/h7-9,11-26H,2-6,10,27-29H2,1H3/b26-15+. The van der Waals surface area contributed by atoms with Crippen molar-refractivity contribution in [3.63, 3.8) is 0 Å². The van der Waals surface area contributed by atoms with Gasteiger partial charge in [0.2, 0.25) is 0 Å². The summed E-state index contributed by atoms with van der Waals surface area (Å²) in [5.41, 5.74) is 4.53. The van der Waals surface area contributed by atoms with Crippen molar-refractivity contribution in [3.05, 3.63) is 126 Å². The minimum absolute atomic E-state index is 0.309. The van der Waals surface area contributed by atoms with Crippen molar-refractivity contribution < 1.29 is 23.8 Å². The van der Waals surface area contributed by atoms with Crippen molar-refractivity contribution in [1.82, 2.24) is 0 Å². The van der Waals surface area contributed by atoms with Crippen LogP contribution in [-0.4, -0.2) is 25.2 Å². The second-order valence-electron chi connectivity index (χ2n) is 10.4. The molecule has 0 saturated heterocycles. The van der Waals surface area contributed by atoms with Gasteiger partial charge in [0.25, 0.3) is 0 Å². The molecule has 0 aliphatic carbocycles. The third kappa shape index (κ3) is 10.9. The van der Waals surface area contributed by atoms with Gasteiger partial charge in [0.05, 0.1) is 18.8 Å². The van der Waals surface area contributed by atoms with Crippen LogP contribution in [0.1, 0.15) is 66.9 Å². The number of benzene rings is 4. The van der Waals surface area contributed by atoms with Gasteiger partial charge in [0.15, 0.2) is 0 Å². The molecule has 0 fully saturated rings. The molecular formula is C38H40O5. The molecule has 5 nitrogen and oxygen atoms in total. The molecule has 5 heteroatoms. The summed E-state index contributed by atoms with van der Waals surface area (Å²) in [7, 11) is 0. The van der Waals surface area contributed by atoms with E-state index in [1.54, 1.807) is 30.3 Å². The zero-order chi connectivity index (χ0) is 30.1. The second-order valence-corrected chi connectivity index (χ2v) is 10.4. The number of carbonyl (C=O) groups excluding carboxylic acids is 2. The van der Waals surface area contributed by atoms with Crippen LogP contribution < -0.4 is 9.47 Å². The molecule has 0 unspecified atom stereocenters. The fourth-order valence-electron chi connectivity index (χ4n) is 4.55. The normalized spacial score (nSPS) is 10.9. The van der Waals surface area contributed by atoms with Gasteiger partial charge in [-0.2, -0.15) is 0 Å². The summed E-state index contributed by atoms with van der Waals surface area (Å²) in [5, 5.41) is 0. The molecule has 0 bridgehead atoms. The Bertz CT molecular complexity index is 1420. The monoisotopic (exact) mass is 576 g/mol. The van der Waals surface area contributed by atoms with Gasteiger partial charge in [-0.1, -0.05) is 106 Å². The van der Waals surface area contributed by atoms with Crippen LogP contribution >= 0.6 is 0 Å². The SMILES string of the molecule is CCCCCCCCOc1ccc(OC(=O)c2ccc(-c3ccc(CCOC(=O)/C=C/c4ccccc4)cc3)cc2)cc1. The Labute approximate surface area is 255 Å². The molecule has 0 radical (unpaired) electrons. The Hall–Kier alpha value is -4.64. The van der Waals surface area contributed by atoms with Crippen LogP contribution in [0.25, 0.3) is 17.2 Å². The number of carbonyl (C=O) groups is 2. The maximum atomic E-state index is 12.7. The molecule has 4 aromatic carbocycles. The minimum atomic E-state index is -0.407. The summed E-state index contributed by atoms with van der Waals surface area (Å²) >= 11 is 0. The van der Waals surface area contributed by atoms with Gasteiger partial charge >= 0.3 is 11.9 Å². The van der Waals surface area contributed by atoms with Crippen molar-refractivity contribution >= 4 is 18.0 Å². The summed E-state index contributed by atoms with van der Waals surface area (Å²) in [6.07, 6.45) is 11.2. The lowest BCUT2D eigenvalue weighted by molar-refractivity contribution is -0.137. The van der Waals surface area contributed by atoms with Gasteiger partial charge in [-0.15, -0.1) is 0 Å². The number of hydrogen-bond donors (Lipinski definition) is 0. The maximum absolute atomic E-state index is 12.7. The zero-order valence-electron chi connectivity index (χ0n) is 24.9. The second kappa shape index (κ2) is 17.3. The number of ether oxygens (including phenoxy) is 3. The summed E-state index contributed by atoms with van der Waals surface area (Å²) in [5.74, 6) is 0.495. The first-order valence-electron chi connectivity index (χ1n) is 15.1. The lowest BCUT2D eigenvalue weighted by Crippen LogP contribution is -2.08. The maximum Gasteiger partial charge on any atom is 0.343 e. The first-order valence-corrected chi connectivity index (χ1v) is 15.1. The molecule has 222 valence electrons. The number of unbranched alkanes of at least 4 members (excludes halogenated alkanes) is 5. The molecular weight excluding hydrogens is 536 g/mol. The van der Waals surface area contributed by atoms with E-state index in [2.05, 4.69) is 6.92 Å². The van der Waals surface area contributed by atoms with Crippen molar-refractivity contribution in [2.75, 3.05) is 13.2 Å². The van der Waals surface area contributed by atoms with E-state index in [0.29, 0.717) is 30.9 Å². The third-order valence-corrected chi connectivity index (χ3v) is 7.06. The summed E-state index contributed by atoms with van der Waals surface area (Å²) in [4.78, 5) is 24.6. The van der Waals surface area contributed by atoms with Crippen LogP contribution in [0.4, 0.5) is 0 Å². The lowest BCUT2D eigenvalue weighted by Gasteiger charge is -2.09. The molecule has 0 aromatic heterocycles. The Morgan fingerprint density at radius 1 is 0.651 bits per heavy atom. The van der Waals surface area contributed by atoms with E-state index in [-0.39, 0.29) is 5.97 Å². The van der Waals surface area contributed by atoms with E-state index in [1.165, 1.54) is 38.2 Å². The highest BCUT2D eigenvalue weighted by molar-refractivity contribution is 5.91. The summed E-state index contributed by atoms with van der Waals surface area (Å²) in [6, 6.07) is 32.3. The predicted molar refractivity (Wildman–Crippen MR) is 172 cm³/mol. The summed E-state index contributed by atoms with van der Waals surface area (Å²) in [6.45, 7) is 3.23. The van der Waals surface area contributed by atoms with Gasteiger partial charge in [0, 0.05) is 12.5 Å². The van der Waals surface area contributed by atoms with Gasteiger partial charge < -0.3 is 14.2 Å². The summed E-state index contributed by atoms with van der Waals surface area (Å²) < 4.78 is 16.7. The van der Waals surface area contributed by atoms with Crippen molar-refractivity contribution in [3.8, 4) is 22.6 Å². The van der Waals surface area contributed by atoms with Gasteiger partial charge in [-0.3, -0.25) is 0 Å². The topological polar surface area (TPSA) is 61.8 Å². The quantitative estimate of drug-likeness (QED) is 0.0576. The fourth-order valence-corrected chi connectivity index (χ4v) is 4.55. The number of rotatable bonds is 16. The van der Waals surface area contributed by atoms with E-state index in [9.17, 15) is 9.59 Å². The molecule has 0 amide bonds. The van der Waals surface area contributed by atoms with E-state index < -0.39 is 5.97 Å². The van der Waals surface area contributed by atoms with Crippen molar-refractivity contribution in [2.45, 2.75) is 51.9 Å². The van der Waals surface area contributed by atoms with Crippen LogP contribution in [0.5, 0.6) is 11.5 Å². The Kier molecular flexibility index (Phi) is 12.6. The smallest absolute Gasteiger partial charge is 0.343 e. The van der Waals surface area contributed by atoms with E-state index >= 15 is 0 Å². The molecule has 0 heterocycles. The minimum Gasteiger partial charge on any atom is -0.494 e. The molecule has 4 rings (SSSR count). The number of esters is 2. The van der Waals surface area contributed by atoms with Crippen LogP contribution in [0, 0.1) is 0 Å². The average molecular weight is 577 g/mol. The zero-order valence-corrected chi connectivity index (χ0v) is 24.9. The van der Waals surface area contributed by atoms with Crippen molar-refractivity contribution in [1.29, 1.82) is 0 Å². The molecule has 0 saturated carbocycles. The first kappa shape index (κ1) is 31.3. The van der Waals surface area contributed by atoms with Gasteiger partial charge in [-0.25, -0.2) is 9.59 Å². The highest BCUT2D eigenvalue weighted by atomic mass is 16.5. The predicted octanol–water partition coefficient (Wildman–Crippen LogP) is 9.11. The Balaban J connectivity index is 1.18. The Morgan fingerprint density at radius 2 is 1.28 bits per heavy atom. The molecule has 43 heavy (non-hydrogen) atoms. The van der Waals surface area contributed by atoms with Crippen LogP contribution in [0.3, 0.4) is 0 Å². The molecule has 0 spiro atoms. The van der Waals surface area contributed by atoms with E-state index in [1.807, 2.05) is 78.9 Å². The highest BCUT2D eigenvalue weighted by Crippen LogP contribution is 2.23. The highest BCUT2D eigenvalue weighted by Gasteiger charge is 2.10. The van der Waals surface area contributed by atoms with Gasteiger partial charge in [0.1, 0.15) is 11.5 Å². The molecule has 0 aliphatic heterocycles. The largest absolute Gasteiger partial charge is 0.494 e. The molecule has 0 aliphatic rings. The van der Waals surface area contributed by atoms with E-state index in [0.717, 1.165) is 34.4 Å². The van der Waals surface area contributed by atoms with Crippen LogP contribution in [0.15, 0.2) is 109 Å². The Morgan fingerprint density at radius 3 is 1.98 bits per heavy atom. The molecule has 4 aromatic rings. The van der Waals surface area contributed by atoms with E-state index in [4.69, 9.17) is 14.2 Å². The molecule has 0 N–H and O–H groups in total. The van der Waals surface area contributed by atoms with Crippen LogP contribution in [0.2, 0.25) is 0 Å².